The van der Waals surface area contributed by atoms with Crippen LogP contribution in [-0.4, -0.2) is 24.2 Å². The second-order valence-corrected chi connectivity index (χ2v) is 3.23. The van der Waals surface area contributed by atoms with Gasteiger partial charge in [-0.05, 0) is 17.7 Å². The molecule has 0 saturated heterocycles. The molecule has 0 heterocycles. The van der Waals surface area contributed by atoms with Gasteiger partial charge in [0.15, 0.2) is 5.96 Å². The molecule has 1 unspecified atom stereocenters. The first kappa shape index (κ1) is 13.2. The summed E-state index contributed by atoms with van der Waals surface area (Å²) in [5.74, 6) is -0.176. The zero-order valence-electron chi connectivity index (χ0n) is 8.88. The molecular weight excluding hydrogens is 232 g/mol. The Hall–Kier alpha value is -1.89. The molecule has 94 valence electrons. The number of aliphatic hydroxyl groups is 1. The van der Waals surface area contributed by atoms with E-state index in [1.54, 1.807) is 6.07 Å². The van der Waals surface area contributed by atoms with Crippen LogP contribution in [0.15, 0.2) is 29.3 Å². The minimum Gasteiger partial charge on any atom is -0.435 e. The largest absolute Gasteiger partial charge is 0.435 e. The fourth-order valence-corrected chi connectivity index (χ4v) is 1.20. The highest BCUT2D eigenvalue weighted by Gasteiger charge is 2.10. The van der Waals surface area contributed by atoms with Gasteiger partial charge in [0.1, 0.15) is 5.75 Å². The van der Waals surface area contributed by atoms with Gasteiger partial charge >= 0.3 is 6.61 Å². The number of nitrogens with zero attached hydrogens (tertiary/aromatic N) is 1. The van der Waals surface area contributed by atoms with E-state index in [9.17, 15) is 13.9 Å². The van der Waals surface area contributed by atoms with Crippen molar-refractivity contribution in [1.82, 2.24) is 0 Å². The third kappa shape index (κ3) is 4.64. The molecule has 0 radical (unpaired) electrons. The molecule has 0 bridgehead atoms. The van der Waals surface area contributed by atoms with Crippen LogP contribution in [0, 0.1) is 0 Å². The summed E-state index contributed by atoms with van der Waals surface area (Å²) in [5, 5.41) is 9.67. The standard InChI is InChI=1S/C10H13F2N3O2/c11-9(12)17-7-3-1-2-6(4-7)8(16)5-15-10(13)14/h1-4,8-9,16H,5H2,(H4,13,14,15). The number of rotatable bonds is 5. The maximum absolute atomic E-state index is 12.0. The Bertz CT molecular complexity index is 395. The van der Waals surface area contributed by atoms with Crippen LogP contribution in [-0.2, 0) is 0 Å². The molecule has 17 heavy (non-hydrogen) atoms. The van der Waals surface area contributed by atoms with Crippen molar-refractivity contribution in [1.29, 1.82) is 0 Å². The SMILES string of the molecule is NC(N)=NCC(O)c1cccc(OC(F)F)c1. The van der Waals surface area contributed by atoms with Gasteiger partial charge in [-0.3, -0.25) is 4.99 Å². The molecular formula is C10H13F2N3O2. The van der Waals surface area contributed by atoms with E-state index in [2.05, 4.69) is 9.73 Å². The lowest BCUT2D eigenvalue weighted by Crippen LogP contribution is -2.23. The lowest BCUT2D eigenvalue weighted by molar-refractivity contribution is -0.0499. The van der Waals surface area contributed by atoms with Crippen LogP contribution < -0.4 is 16.2 Å². The molecule has 0 aliphatic heterocycles. The number of aliphatic hydroxyl groups excluding tert-OH is 1. The third-order valence-electron chi connectivity index (χ3n) is 1.91. The van der Waals surface area contributed by atoms with E-state index in [4.69, 9.17) is 11.5 Å². The Morgan fingerprint density at radius 3 is 2.71 bits per heavy atom. The van der Waals surface area contributed by atoms with E-state index in [0.717, 1.165) is 0 Å². The van der Waals surface area contributed by atoms with Crippen LogP contribution in [0.3, 0.4) is 0 Å². The maximum atomic E-state index is 12.0. The molecule has 1 aromatic carbocycles. The minimum absolute atomic E-state index is 0.0266. The molecule has 0 spiro atoms. The Morgan fingerprint density at radius 1 is 1.41 bits per heavy atom. The van der Waals surface area contributed by atoms with E-state index in [1.807, 2.05) is 0 Å². The zero-order chi connectivity index (χ0) is 12.8. The summed E-state index contributed by atoms with van der Waals surface area (Å²) in [4.78, 5) is 3.62. The van der Waals surface area contributed by atoms with Crippen molar-refractivity contribution in [2.45, 2.75) is 12.7 Å². The molecule has 0 fully saturated rings. The minimum atomic E-state index is -2.90. The van der Waals surface area contributed by atoms with E-state index in [1.165, 1.54) is 18.2 Å². The van der Waals surface area contributed by atoms with Gasteiger partial charge < -0.3 is 21.3 Å². The van der Waals surface area contributed by atoms with Crippen molar-refractivity contribution in [3.63, 3.8) is 0 Å². The average molecular weight is 245 g/mol. The van der Waals surface area contributed by atoms with Crippen molar-refractivity contribution < 1.29 is 18.6 Å². The van der Waals surface area contributed by atoms with Gasteiger partial charge in [0.25, 0.3) is 0 Å². The molecule has 5 nitrogen and oxygen atoms in total. The maximum Gasteiger partial charge on any atom is 0.387 e. The number of halogens is 2. The van der Waals surface area contributed by atoms with Crippen molar-refractivity contribution in [2.75, 3.05) is 6.54 Å². The van der Waals surface area contributed by atoms with E-state index in [-0.39, 0.29) is 18.3 Å². The molecule has 7 heteroatoms. The Labute approximate surface area is 96.7 Å². The van der Waals surface area contributed by atoms with E-state index >= 15 is 0 Å². The van der Waals surface area contributed by atoms with Crippen molar-refractivity contribution in [3.05, 3.63) is 29.8 Å². The molecule has 0 aliphatic carbocycles. The highest BCUT2D eigenvalue weighted by molar-refractivity contribution is 5.75. The van der Waals surface area contributed by atoms with Crippen LogP contribution in [0.4, 0.5) is 8.78 Å². The van der Waals surface area contributed by atoms with Gasteiger partial charge in [-0.15, -0.1) is 0 Å². The van der Waals surface area contributed by atoms with Crippen molar-refractivity contribution >= 4 is 5.96 Å². The van der Waals surface area contributed by atoms with Gasteiger partial charge in [0.2, 0.25) is 0 Å². The number of alkyl halides is 2. The number of ether oxygens (including phenoxy) is 1. The number of nitrogens with two attached hydrogens (primary N) is 2. The predicted molar refractivity (Wildman–Crippen MR) is 58.7 cm³/mol. The Morgan fingerprint density at radius 2 is 2.12 bits per heavy atom. The van der Waals surface area contributed by atoms with Gasteiger partial charge in [0.05, 0.1) is 12.6 Å². The normalized spacial score (nSPS) is 12.2. The van der Waals surface area contributed by atoms with Gasteiger partial charge in [-0.25, -0.2) is 0 Å². The van der Waals surface area contributed by atoms with Gasteiger partial charge in [-0.1, -0.05) is 12.1 Å². The molecule has 0 amide bonds. The summed E-state index contributed by atoms with van der Waals surface area (Å²) in [7, 11) is 0. The van der Waals surface area contributed by atoms with E-state index < -0.39 is 12.7 Å². The topological polar surface area (TPSA) is 93.9 Å². The lowest BCUT2D eigenvalue weighted by Gasteiger charge is -2.10. The second-order valence-electron chi connectivity index (χ2n) is 3.23. The summed E-state index contributed by atoms with van der Waals surface area (Å²) in [6, 6.07) is 5.72. The lowest BCUT2D eigenvalue weighted by atomic mass is 10.1. The first-order chi connectivity index (χ1) is 7.99. The fourth-order valence-electron chi connectivity index (χ4n) is 1.20. The smallest absolute Gasteiger partial charge is 0.387 e. The molecule has 5 N–H and O–H groups in total. The predicted octanol–water partition coefficient (Wildman–Crippen LogP) is 0.595. The number of hydrogen-bond donors (Lipinski definition) is 3. The molecule has 0 saturated carbocycles. The van der Waals surface area contributed by atoms with Crippen molar-refractivity contribution in [3.8, 4) is 5.75 Å². The Balaban J connectivity index is 2.73. The highest BCUT2D eigenvalue weighted by atomic mass is 19.3. The van der Waals surface area contributed by atoms with Gasteiger partial charge in [0, 0.05) is 0 Å². The Kier molecular flexibility index (Phi) is 4.65. The first-order valence-corrected chi connectivity index (χ1v) is 4.77. The quantitative estimate of drug-likeness (QED) is 0.523. The molecule has 0 aliphatic rings. The van der Waals surface area contributed by atoms with Crippen LogP contribution in [0.5, 0.6) is 5.75 Å². The number of aliphatic imine (C=N–C) groups is 1. The molecule has 1 aromatic rings. The second kappa shape index (κ2) is 6.00. The average Bonchev–Trinajstić information content (AvgIpc) is 2.25. The fraction of sp³-hybridized carbons (Fsp3) is 0.300. The number of hydrogen-bond acceptors (Lipinski definition) is 3. The van der Waals surface area contributed by atoms with Crippen LogP contribution in [0.25, 0.3) is 0 Å². The first-order valence-electron chi connectivity index (χ1n) is 4.77. The van der Waals surface area contributed by atoms with Crippen molar-refractivity contribution in [2.24, 2.45) is 16.5 Å². The highest BCUT2D eigenvalue weighted by Crippen LogP contribution is 2.20. The zero-order valence-corrected chi connectivity index (χ0v) is 8.88. The molecule has 1 atom stereocenters. The summed E-state index contributed by atoms with van der Waals surface area (Å²) < 4.78 is 28.1. The monoisotopic (exact) mass is 245 g/mol. The third-order valence-corrected chi connectivity index (χ3v) is 1.91. The van der Waals surface area contributed by atoms with E-state index in [0.29, 0.717) is 5.56 Å². The van der Waals surface area contributed by atoms with Crippen LogP contribution in [0.2, 0.25) is 0 Å². The summed E-state index contributed by atoms with van der Waals surface area (Å²) in [6.07, 6.45) is -0.974. The summed E-state index contributed by atoms with van der Waals surface area (Å²) in [6.45, 7) is -2.94. The number of guanidine groups is 1. The van der Waals surface area contributed by atoms with Crippen LogP contribution >= 0.6 is 0 Å². The van der Waals surface area contributed by atoms with Crippen LogP contribution in [0.1, 0.15) is 11.7 Å². The molecule has 0 aromatic heterocycles. The summed E-state index contributed by atoms with van der Waals surface area (Å²) in [5.41, 5.74) is 10.6. The molecule has 1 rings (SSSR count). The van der Waals surface area contributed by atoms with Gasteiger partial charge in [-0.2, -0.15) is 8.78 Å². The number of benzene rings is 1. The summed E-state index contributed by atoms with van der Waals surface area (Å²) >= 11 is 0.